The minimum atomic E-state index is -0.841. The third-order valence-electron chi connectivity index (χ3n) is 3.44. The third-order valence-corrected chi connectivity index (χ3v) is 4.53. The molecule has 2 amide bonds. The Morgan fingerprint density at radius 2 is 2.22 bits per heavy atom. The van der Waals surface area contributed by atoms with Crippen molar-refractivity contribution in [1.29, 1.82) is 0 Å². The van der Waals surface area contributed by atoms with E-state index in [9.17, 15) is 9.59 Å². The number of hydrogen-bond acceptors (Lipinski definition) is 3. The van der Waals surface area contributed by atoms with Crippen LogP contribution in [-0.2, 0) is 4.79 Å². The van der Waals surface area contributed by atoms with Gasteiger partial charge >= 0.3 is 12.0 Å². The molecular weight excluding hydrogens is 252 g/mol. The Morgan fingerprint density at radius 1 is 1.56 bits per heavy atom. The normalized spacial score (nSPS) is 21.5. The van der Waals surface area contributed by atoms with Gasteiger partial charge in [-0.3, -0.25) is 4.79 Å². The Balaban J connectivity index is 2.70. The number of hydrogen-bond donors (Lipinski definition) is 1. The number of thioether (sulfide) groups is 1. The number of carboxylic acids is 1. The first-order chi connectivity index (χ1) is 8.47. The molecule has 0 aromatic heterocycles. The van der Waals surface area contributed by atoms with Gasteiger partial charge in [0.1, 0.15) is 0 Å². The number of carbonyl (C=O) groups is 2. The summed E-state index contributed by atoms with van der Waals surface area (Å²) in [6.07, 6.45) is 0.932. The molecule has 2 unspecified atom stereocenters. The summed E-state index contributed by atoms with van der Waals surface area (Å²) in [5.74, 6) is 0.759. The van der Waals surface area contributed by atoms with E-state index in [0.29, 0.717) is 12.3 Å². The van der Waals surface area contributed by atoms with Gasteiger partial charge in [-0.1, -0.05) is 6.92 Å². The Bertz CT molecular complexity index is 312. The van der Waals surface area contributed by atoms with Crippen LogP contribution < -0.4 is 0 Å². The van der Waals surface area contributed by atoms with Gasteiger partial charge in [-0.15, -0.1) is 0 Å². The second-order valence-electron chi connectivity index (χ2n) is 4.67. The summed E-state index contributed by atoms with van der Waals surface area (Å²) < 4.78 is 0. The fourth-order valence-electron chi connectivity index (χ4n) is 1.94. The van der Waals surface area contributed by atoms with Gasteiger partial charge in [-0.2, -0.15) is 11.8 Å². The van der Waals surface area contributed by atoms with Crippen molar-refractivity contribution in [3.8, 4) is 0 Å². The average Bonchev–Trinajstić information content (AvgIpc) is 2.36. The Morgan fingerprint density at radius 3 is 2.78 bits per heavy atom. The molecule has 1 heterocycles. The molecule has 1 N–H and O–H groups in total. The van der Waals surface area contributed by atoms with E-state index in [1.54, 1.807) is 28.6 Å². The van der Waals surface area contributed by atoms with Gasteiger partial charge in [0.15, 0.2) is 0 Å². The number of rotatable bonds is 4. The van der Waals surface area contributed by atoms with E-state index < -0.39 is 5.97 Å². The van der Waals surface area contributed by atoms with Crippen molar-refractivity contribution >= 4 is 23.8 Å². The molecule has 0 aromatic rings. The van der Waals surface area contributed by atoms with Gasteiger partial charge < -0.3 is 14.9 Å². The first kappa shape index (κ1) is 15.1. The van der Waals surface area contributed by atoms with Crippen LogP contribution in [0.25, 0.3) is 0 Å². The lowest BCUT2D eigenvalue weighted by Gasteiger charge is -2.38. The van der Waals surface area contributed by atoms with Crippen molar-refractivity contribution in [1.82, 2.24) is 9.80 Å². The van der Waals surface area contributed by atoms with Crippen molar-refractivity contribution in [2.75, 3.05) is 25.1 Å². The molecular formula is C12H22N2O3S. The fraction of sp³-hybridized carbons (Fsp3) is 0.833. The maximum atomic E-state index is 12.3. The van der Waals surface area contributed by atoms with Crippen LogP contribution in [0.3, 0.4) is 0 Å². The second kappa shape index (κ2) is 6.87. The summed E-state index contributed by atoms with van der Waals surface area (Å²) in [5, 5.41) is 8.90. The summed E-state index contributed by atoms with van der Waals surface area (Å²) in [6.45, 7) is 4.68. The SMILES string of the molecule is CCC(C)N(C)C(=O)N1CCSCC1CC(=O)O. The van der Waals surface area contributed by atoms with Crippen molar-refractivity contribution < 1.29 is 14.7 Å². The third kappa shape index (κ3) is 3.80. The molecule has 0 saturated carbocycles. The zero-order chi connectivity index (χ0) is 13.7. The highest BCUT2D eigenvalue weighted by molar-refractivity contribution is 7.99. The summed E-state index contributed by atoms with van der Waals surface area (Å²) in [7, 11) is 1.79. The van der Waals surface area contributed by atoms with Gasteiger partial charge in [0.2, 0.25) is 0 Å². The smallest absolute Gasteiger partial charge is 0.320 e. The van der Waals surface area contributed by atoms with Crippen LogP contribution in [-0.4, -0.2) is 64.1 Å². The fourth-order valence-corrected chi connectivity index (χ4v) is 3.00. The Hall–Kier alpha value is -0.910. The zero-order valence-corrected chi connectivity index (χ0v) is 12.1. The van der Waals surface area contributed by atoms with Crippen LogP contribution in [0.4, 0.5) is 4.79 Å². The van der Waals surface area contributed by atoms with Crippen LogP contribution in [0.1, 0.15) is 26.7 Å². The van der Waals surface area contributed by atoms with Crippen molar-refractivity contribution in [2.45, 2.75) is 38.8 Å². The molecule has 1 aliphatic heterocycles. The maximum absolute atomic E-state index is 12.3. The molecule has 0 aliphatic carbocycles. The molecule has 0 radical (unpaired) electrons. The largest absolute Gasteiger partial charge is 0.481 e. The molecule has 1 fully saturated rings. The van der Waals surface area contributed by atoms with Gasteiger partial charge in [0.05, 0.1) is 12.5 Å². The van der Waals surface area contributed by atoms with E-state index in [-0.39, 0.29) is 24.5 Å². The van der Waals surface area contributed by atoms with Crippen LogP contribution >= 0.6 is 11.8 Å². The Labute approximate surface area is 113 Å². The standard InChI is InChI=1S/C12H22N2O3S/c1-4-9(2)13(3)12(17)14-5-6-18-8-10(14)7-11(15)16/h9-10H,4-8H2,1-3H3,(H,15,16). The summed E-state index contributed by atoms with van der Waals surface area (Å²) in [5.41, 5.74) is 0. The lowest BCUT2D eigenvalue weighted by atomic mass is 10.2. The van der Waals surface area contributed by atoms with E-state index >= 15 is 0 Å². The minimum absolute atomic E-state index is 0.0348. The molecule has 5 nitrogen and oxygen atoms in total. The minimum Gasteiger partial charge on any atom is -0.481 e. The van der Waals surface area contributed by atoms with Gasteiger partial charge in [-0.25, -0.2) is 4.79 Å². The lowest BCUT2D eigenvalue weighted by Crippen LogP contribution is -2.53. The Kier molecular flexibility index (Phi) is 5.78. The predicted molar refractivity (Wildman–Crippen MR) is 73.0 cm³/mol. The molecule has 1 saturated heterocycles. The van der Waals surface area contributed by atoms with Gasteiger partial charge in [-0.05, 0) is 13.3 Å². The summed E-state index contributed by atoms with van der Waals surface area (Å²) in [6, 6.07) is -0.0475. The number of aliphatic carboxylic acids is 1. The second-order valence-corrected chi connectivity index (χ2v) is 5.82. The quantitative estimate of drug-likeness (QED) is 0.848. The molecule has 1 aliphatic rings. The first-order valence-corrected chi connectivity index (χ1v) is 7.45. The van der Waals surface area contributed by atoms with E-state index in [1.807, 2.05) is 13.8 Å². The summed E-state index contributed by atoms with van der Waals surface area (Å²) >= 11 is 1.72. The van der Waals surface area contributed by atoms with Crippen molar-refractivity contribution in [3.05, 3.63) is 0 Å². The number of nitrogens with zero attached hydrogens (tertiary/aromatic N) is 2. The highest BCUT2D eigenvalue weighted by atomic mass is 32.2. The molecule has 0 bridgehead atoms. The van der Waals surface area contributed by atoms with E-state index in [1.165, 1.54) is 0 Å². The molecule has 6 heteroatoms. The summed E-state index contributed by atoms with van der Waals surface area (Å²) in [4.78, 5) is 26.6. The number of carboxylic acid groups (broad SMARTS) is 1. The van der Waals surface area contributed by atoms with E-state index in [0.717, 1.165) is 12.2 Å². The van der Waals surface area contributed by atoms with Gasteiger partial charge in [0, 0.05) is 31.1 Å². The number of carbonyl (C=O) groups excluding carboxylic acids is 1. The van der Waals surface area contributed by atoms with Crippen LogP contribution in [0.5, 0.6) is 0 Å². The molecule has 18 heavy (non-hydrogen) atoms. The van der Waals surface area contributed by atoms with E-state index in [2.05, 4.69) is 0 Å². The molecule has 0 spiro atoms. The molecule has 2 atom stereocenters. The van der Waals surface area contributed by atoms with Crippen LogP contribution in [0, 0.1) is 0 Å². The topological polar surface area (TPSA) is 60.9 Å². The lowest BCUT2D eigenvalue weighted by molar-refractivity contribution is -0.138. The van der Waals surface area contributed by atoms with Crippen LogP contribution in [0.2, 0.25) is 0 Å². The predicted octanol–water partition coefficient (Wildman–Crippen LogP) is 1.73. The maximum Gasteiger partial charge on any atom is 0.320 e. The number of urea groups is 1. The highest BCUT2D eigenvalue weighted by Gasteiger charge is 2.31. The van der Waals surface area contributed by atoms with E-state index in [4.69, 9.17) is 5.11 Å². The van der Waals surface area contributed by atoms with Crippen LogP contribution in [0.15, 0.2) is 0 Å². The monoisotopic (exact) mass is 274 g/mol. The van der Waals surface area contributed by atoms with Crippen molar-refractivity contribution in [3.63, 3.8) is 0 Å². The average molecular weight is 274 g/mol. The highest BCUT2D eigenvalue weighted by Crippen LogP contribution is 2.21. The first-order valence-electron chi connectivity index (χ1n) is 6.30. The zero-order valence-electron chi connectivity index (χ0n) is 11.3. The van der Waals surface area contributed by atoms with Crippen molar-refractivity contribution in [2.24, 2.45) is 0 Å². The van der Waals surface area contributed by atoms with Gasteiger partial charge in [0.25, 0.3) is 0 Å². The molecule has 104 valence electrons. The number of amides is 2. The molecule has 1 rings (SSSR count). The molecule has 0 aromatic carbocycles.